The summed E-state index contributed by atoms with van der Waals surface area (Å²) in [6, 6.07) is 2.45. The molecule has 1 aliphatic carbocycles. The molecule has 27 heavy (non-hydrogen) atoms. The zero-order chi connectivity index (χ0) is 19.8. The van der Waals surface area contributed by atoms with E-state index in [2.05, 4.69) is 0 Å². The molecule has 10 heteroatoms. The van der Waals surface area contributed by atoms with Gasteiger partial charge in [0, 0.05) is 31.7 Å². The summed E-state index contributed by atoms with van der Waals surface area (Å²) in [5.74, 6) is -1.26. The number of hydrogen-bond donors (Lipinski definition) is 2. The average molecular weight is 398 g/mol. The molecule has 1 aromatic heterocycles. The molecule has 3 rings (SSSR count). The van der Waals surface area contributed by atoms with Crippen LogP contribution in [-0.2, 0) is 14.8 Å². The molecule has 2 amide bonds. The fourth-order valence-electron chi connectivity index (χ4n) is 3.85. The van der Waals surface area contributed by atoms with Crippen LogP contribution in [0.4, 0.5) is 0 Å². The van der Waals surface area contributed by atoms with E-state index < -0.39 is 21.5 Å². The van der Waals surface area contributed by atoms with Crippen molar-refractivity contribution in [3.05, 3.63) is 17.9 Å². The maximum Gasteiger partial charge on any atom is 0.284 e. The van der Waals surface area contributed by atoms with Crippen molar-refractivity contribution in [1.82, 2.24) is 9.21 Å². The molecule has 0 aromatic carbocycles. The third-order valence-electron chi connectivity index (χ3n) is 5.52. The van der Waals surface area contributed by atoms with E-state index in [1.807, 2.05) is 6.92 Å². The molecule has 1 saturated carbocycles. The Hall–Kier alpha value is -1.91. The summed E-state index contributed by atoms with van der Waals surface area (Å²) in [6.07, 6.45) is 3.60. The Morgan fingerprint density at radius 1 is 1.19 bits per heavy atom. The van der Waals surface area contributed by atoms with Gasteiger partial charge in [0.2, 0.25) is 11.0 Å². The lowest BCUT2D eigenvalue weighted by Gasteiger charge is -2.42. The highest BCUT2D eigenvalue weighted by Crippen LogP contribution is 2.33. The van der Waals surface area contributed by atoms with E-state index in [-0.39, 0.29) is 35.8 Å². The molecule has 2 heterocycles. The maximum atomic E-state index is 12.9. The smallest absolute Gasteiger partial charge is 0.284 e. The van der Waals surface area contributed by atoms with Gasteiger partial charge in [0.25, 0.3) is 15.9 Å². The van der Waals surface area contributed by atoms with Gasteiger partial charge >= 0.3 is 0 Å². The van der Waals surface area contributed by atoms with Crippen molar-refractivity contribution in [2.45, 2.75) is 43.2 Å². The Morgan fingerprint density at radius 2 is 1.85 bits per heavy atom. The van der Waals surface area contributed by atoms with Crippen molar-refractivity contribution in [3.8, 4) is 0 Å². The first-order chi connectivity index (χ1) is 12.6. The van der Waals surface area contributed by atoms with Gasteiger partial charge in [-0.3, -0.25) is 9.59 Å². The number of primary amides is 1. The Bertz CT molecular complexity index is 824. The van der Waals surface area contributed by atoms with Crippen LogP contribution in [0, 0.1) is 5.92 Å². The standard InChI is InChI=1S/C17H26N4O5S/c1-17(19)7-3-2-4-12(17)16(23)20-8-10-21(11-9-20)27(24,25)14-6-5-13(26-14)15(18)22/h5-6,12H,2-4,7-11,19H2,1H3,(H2,18,22). The monoisotopic (exact) mass is 398 g/mol. The number of nitrogens with two attached hydrogens (primary N) is 2. The van der Waals surface area contributed by atoms with Crippen LogP contribution in [0.1, 0.15) is 43.2 Å². The van der Waals surface area contributed by atoms with Crippen molar-refractivity contribution < 1.29 is 22.4 Å². The minimum absolute atomic E-state index is 0.00533. The van der Waals surface area contributed by atoms with Gasteiger partial charge in [-0.25, -0.2) is 8.42 Å². The SMILES string of the molecule is CC1(N)CCCCC1C(=O)N1CCN(S(=O)(=O)c2ccc(C(N)=O)o2)CC1. The number of furan rings is 1. The van der Waals surface area contributed by atoms with Crippen LogP contribution in [-0.4, -0.2) is 61.2 Å². The van der Waals surface area contributed by atoms with Gasteiger partial charge in [-0.15, -0.1) is 0 Å². The van der Waals surface area contributed by atoms with Crippen LogP contribution >= 0.6 is 0 Å². The summed E-state index contributed by atoms with van der Waals surface area (Å²) in [4.78, 5) is 25.7. The van der Waals surface area contributed by atoms with Crippen molar-refractivity contribution >= 4 is 21.8 Å². The van der Waals surface area contributed by atoms with Crippen molar-refractivity contribution in [3.63, 3.8) is 0 Å². The normalized spacial score (nSPS) is 27.5. The second-order valence-corrected chi connectivity index (χ2v) is 9.39. The van der Waals surface area contributed by atoms with Crippen molar-refractivity contribution in [1.29, 1.82) is 0 Å². The van der Waals surface area contributed by atoms with E-state index in [0.29, 0.717) is 13.1 Å². The molecule has 2 aliphatic rings. The van der Waals surface area contributed by atoms with Crippen LogP contribution in [0.5, 0.6) is 0 Å². The molecule has 1 saturated heterocycles. The summed E-state index contributed by atoms with van der Waals surface area (Å²) in [6.45, 7) is 2.84. The summed E-state index contributed by atoms with van der Waals surface area (Å²) >= 11 is 0. The van der Waals surface area contributed by atoms with Crippen LogP contribution in [0.3, 0.4) is 0 Å². The maximum absolute atomic E-state index is 12.9. The van der Waals surface area contributed by atoms with Gasteiger partial charge in [0.15, 0.2) is 5.76 Å². The quantitative estimate of drug-likeness (QED) is 0.738. The first-order valence-corrected chi connectivity index (χ1v) is 10.5. The highest BCUT2D eigenvalue weighted by molar-refractivity contribution is 7.89. The molecule has 150 valence electrons. The average Bonchev–Trinajstić information content (AvgIpc) is 3.12. The Labute approximate surface area is 158 Å². The number of piperazine rings is 1. The van der Waals surface area contributed by atoms with Crippen molar-refractivity contribution in [2.24, 2.45) is 17.4 Å². The summed E-state index contributed by atoms with van der Waals surface area (Å²) in [7, 11) is -3.88. The molecule has 0 radical (unpaired) electrons. The Kier molecular flexibility index (Phi) is 5.33. The number of nitrogens with zero attached hydrogens (tertiary/aromatic N) is 2. The van der Waals surface area contributed by atoms with Gasteiger partial charge in [-0.2, -0.15) is 4.31 Å². The first-order valence-electron chi connectivity index (χ1n) is 9.10. The molecule has 4 N–H and O–H groups in total. The van der Waals surface area contributed by atoms with Gasteiger partial charge in [0.05, 0.1) is 5.92 Å². The summed E-state index contributed by atoms with van der Waals surface area (Å²) < 4.78 is 31.6. The molecular formula is C17H26N4O5S. The fourth-order valence-corrected chi connectivity index (χ4v) is 5.19. The van der Waals surface area contributed by atoms with E-state index in [9.17, 15) is 18.0 Å². The number of rotatable bonds is 4. The number of sulfonamides is 1. The number of carbonyl (C=O) groups is 2. The predicted molar refractivity (Wildman–Crippen MR) is 97.1 cm³/mol. The molecule has 2 atom stereocenters. The van der Waals surface area contributed by atoms with E-state index >= 15 is 0 Å². The van der Waals surface area contributed by atoms with Gasteiger partial charge in [-0.1, -0.05) is 12.8 Å². The second-order valence-electron chi connectivity index (χ2n) is 7.52. The second kappa shape index (κ2) is 7.25. The third-order valence-corrected chi connectivity index (χ3v) is 7.29. The fraction of sp³-hybridized carbons (Fsp3) is 0.647. The molecular weight excluding hydrogens is 372 g/mol. The molecule has 0 bridgehead atoms. The summed E-state index contributed by atoms with van der Waals surface area (Å²) in [5, 5.41) is -0.321. The van der Waals surface area contributed by atoms with Gasteiger partial charge in [0.1, 0.15) is 0 Å². The van der Waals surface area contributed by atoms with E-state index in [1.54, 1.807) is 4.90 Å². The topological polar surface area (TPSA) is 140 Å². The molecule has 2 fully saturated rings. The number of carbonyl (C=O) groups excluding carboxylic acids is 2. The molecule has 1 aliphatic heterocycles. The third kappa shape index (κ3) is 3.87. The Balaban J connectivity index is 1.65. The van der Waals surface area contributed by atoms with Crippen LogP contribution in [0.25, 0.3) is 0 Å². The lowest BCUT2D eigenvalue weighted by Crippen LogP contribution is -2.57. The predicted octanol–water partition coefficient (Wildman–Crippen LogP) is 0.119. The Morgan fingerprint density at radius 3 is 2.41 bits per heavy atom. The number of hydrogen-bond acceptors (Lipinski definition) is 6. The van der Waals surface area contributed by atoms with E-state index in [4.69, 9.17) is 15.9 Å². The van der Waals surface area contributed by atoms with Crippen LogP contribution < -0.4 is 11.5 Å². The minimum atomic E-state index is -3.88. The molecule has 9 nitrogen and oxygen atoms in total. The van der Waals surface area contributed by atoms with Gasteiger partial charge in [-0.05, 0) is 31.9 Å². The van der Waals surface area contributed by atoms with Gasteiger partial charge < -0.3 is 20.8 Å². The summed E-state index contributed by atoms with van der Waals surface area (Å²) in [5.41, 5.74) is 10.9. The minimum Gasteiger partial charge on any atom is -0.438 e. The highest BCUT2D eigenvalue weighted by Gasteiger charge is 2.41. The lowest BCUT2D eigenvalue weighted by atomic mass is 9.74. The number of amides is 2. The highest BCUT2D eigenvalue weighted by atomic mass is 32.2. The molecule has 2 unspecified atom stereocenters. The van der Waals surface area contributed by atoms with Crippen LogP contribution in [0.15, 0.2) is 21.6 Å². The zero-order valence-electron chi connectivity index (χ0n) is 15.4. The molecule has 1 aromatic rings. The lowest BCUT2D eigenvalue weighted by molar-refractivity contribution is -0.140. The van der Waals surface area contributed by atoms with Crippen molar-refractivity contribution in [2.75, 3.05) is 26.2 Å². The molecule has 0 spiro atoms. The largest absolute Gasteiger partial charge is 0.438 e. The zero-order valence-corrected chi connectivity index (χ0v) is 16.2. The van der Waals surface area contributed by atoms with Crippen LogP contribution in [0.2, 0.25) is 0 Å². The first kappa shape index (κ1) is 19.8. The van der Waals surface area contributed by atoms with E-state index in [1.165, 1.54) is 16.4 Å². The van der Waals surface area contributed by atoms with E-state index in [0.717, 1.165) is 25.7 Å².